The lowest BCUT2D eigenvalue weighted by atomic mass is 9.87. The molecule has 3 nitrogen and oxygen atoms in total. The predicted octanol–water partition coefficient (Wildman–Crippen LogP) is 1.57. The van der Waals surface area contributed by atoms with Crippen LogP contribution >= 0.6 is 0 Å². The van der Waals surface area contributed by atoms with Crippen LogP contribution in [0.4, 0.5) is 0 Å². The first-order valence-electron chi connectivity index (χ1n) is 4.59. The highest BCUT2D eigenvalue weighted by Crippen LogP contribution is 2.21. The molecule has 0 unspecified atom stereocenters. The highest BCUT2D eigenvalue weighted by Gasteiger charge is 2.21. The molecule has 3 heteroatoms. The summed E-state index contributed by atoms with van der Waals surface area (Å²) in [6, 6.07) is 0. The van der Waals surface area contributed by atoms with Crippen LogP contribution in [-0.2, 0) is 0 Å². The van der Waals surface area contributed by atoms with Crippen molar-refractivity contribution >= 4 is 5.71 Å². The summed E-state index contributed by atoms with van der Waals surface area (Å²) in [6.07, 6.45) is 4.62. The Hall–Kier alpha value is -0.570. The molecule has 0 amide bonds. The maximum Gasteiger partial charge on any atom is 0.0614 e. The molecule has 0 aromatic carbocycles. The van der Waals surface area contributed by atoms with Gasteiger partial charge in [0.2, 0.25) is 0 Å². The molecule has 0 aliphatic heterocycles. The Morgan fingerprint density at radius 3 is 2.83 bits per heavy atom. The molecule has 1 fully saturated rings. The van der Waals surface area contributed by atoms with Crippen LogP contribution in [0.2, 0.25) is 0 Å². The van der Waals surface area contributed by atoms with E-state index in [0.717, 1.165) is 18.7 Å². The lowest BCUT2D eigenvalue weighted by Crippen LogP contribution is -2.30. The standard InChI is InChI=1S/C9H18N2O/c1-11(2)7-8-5-3-4-6-9(8)10-12/h8,12H,3-7H2,1-2H3/b10-9-/t8-/m0/s1. The van der Waals surface area contributed by atoms with Gasteiger partial charge in [0.15, 0.2) is 0 Å². The van der Waals surface area contributed by atoms with E-state index in [-0.39, 0.29) is 0 Å². The third-order valence-electron chi connectivity index (χ3n) is 2.42. The van der Waals surface area contributed by atoms with Gasteiger partial charge in [-0.3, -0.25) is 0 Å². The van der Waals surface area contributed by atoms with E-state index in [4.69, 9.17) is 5.21 Å². The van der Waals surface area contributed by atoms with Crippen molar-refractivity contribution < 1.29 is 5.21 Å². The molecule has 0 aromatic heterocycles. The minimum atomic E-state index is 0.485. The van der Waals surface area contributed by atoms with Crippen LogP contribution in [0.5, 0.6) is 0 Å². The Morgan fingerprint density at radius 1 is 1.50 bits per heavy atom. The highest BCUT2D eigenvalue weighted by molar-refractivity contribution is 5.87. The Morgan fingerprint density at radius 2 is 2.25 bits per heavy atom. The van der Waals surface area contributed by atoms with Gasteiger partial charge < -0.3 is 10.1 Å². The normalized spacial score (nSPS) is 28.2. The van der Waals surface area contributed by atoms with E-state index in [1.54, 1.807) is 0 Å². The summed E-state index contributed by atoms with van der Waals surface area (Å²) in [7, 11) is 4.12. The van der Waals surface area contributed by atoms with Gasteiger partial charge in [0, 0.05) is 12.5 Å². The fourth-order valence-electron chi connectivity index (χ4n) is 1.84. The summed E-state index contributed by atoms with van der Waals surface area (Å²) < 4.78 is 0. The van der Waals surface area contributed by atoms with Crippen LogP contribution in [0.1, 0.15) is 25.7 Å². The second-order valence-corrected chi connectivity index (χ2v) is 3.80. The number of oxime groups is 1. The first kappa shape index (κ1) is 9.52. The number of hydrogen-bond donors (Lipinski definition) is 1. The Bertz CT molecular complexity index is 166. The SMILES string of the molecule is CN(C)C[C@@H]1CCCC/C1=N/O. The minimum Gasteiger partial charge on any atom is -0.411 e. The molecule has 1 saturated carbocycles. The maximum absolute atomic E-state index is 8.74. The van der Waals surface area contributed by atoms with Gasteiger partial charge in [0.1, 0.15) is 0 Å². The van der Waals surface area contributed by atoms with Crippen molar-refractivity contribution in [3.63, 3.8) is 0 Å². The Balaban J connectivity index is 2.48. The van der Waals surface area contributed by atoms with Gasteiger partial charge in [0.25, 0.3) is 0 Å². The molecular weight excluding hydrogens is 152 g/mol. The third-order valence-corrected chi connectivity index (χ3v) is 2.42. The quantitative estimate of drug-likeness (QED) is 0.504. The van der Waals surface area contributed by atoms with Crippen LogP contribution < -0.4 is 0 Å². The lowest BCUT2D eigenvalue weighted by Gasteiger charge is -2.25. The average Bonchev–Trinajstić information content (AvgIpc) is 2.04. The maximum atomic E-state index is 8.74. The molecule has 1 atom stereocenters. The summed E-state index contributed by atoms with van der Waals surface area (Å²) in [4.78, 5) is 2.15. The van der Waals surface area contributed by atoms with E-state index in [1.807, 2.05) is 0 Å². The average molecular weight is 170 g/mol. The second kappa shape index (κ2) is 4.45. The summed E-state index contributed by atoms with van der Waals surface area (Å²) in [5, 5.41) is 12.1. The number of rotatable bonds is 2. The zero-order valence-corrected chi connectivity index (χ0v) is 7.95. The van der Waals surface area contributed by atoms with Gasteiger partial charge in [-0.25, -0.2) is 0 Å². The molecule has 0 radical (unpaired) electrons. The number of hydrogen-bond acceptors (Lipinski definition) is 3. The largest absolute Gasteiger partial charge is 0.411 e. The zero-order chi connectivity index (χ0) is 8.97. The Kier molecular flexibility index (Phi) is 3.53. The van der Waals surface area contributed by atoms with Crippen molar-refractivity contribution in [2.24, 2.45) is 11.1 Å². The summed E-state index contributed by atoms with van der Waals surface area (Å²) >= 11 is 0. The molecule has 0 heterocycles. The molecule has 1 aliphatic rings. The smallest absolute Gasteiger partial charge is 0.0614 e. The number of nitrogens with zero attached hydrogens (tertiary/aromatic N) is 2. The van der Waals surface area contributed by atoms with E-state index in [2.05, 4.69) is 24.2 Å². The molecule has 0 bridgehead atoms. The van der Waals surface area contributed by atoms with Crippen molar-refractivity contribution in [2.45, 2.75) is 25.7 Å². The summed E-state index contributed by atoms with van der Waals surface area (Å²) in [5.41, 5.74) is 0.995. The summed E-state index contributed by atoms with van der Waals surface area (Å²) in [6.45, 7) is 1.01. The van der Waals surface area contributed by atoms with Gasteiger partial charge in [0.05, 0.1) is 5.71 Å². The van der Waals surface area contributed by atoms with E-state index < -0.39 is 0 Å². The lowest BCUT2D eigenvalue weighted by molar-refractivity contribution is 0.295. The first-order valence-corrected chi connectivity index (χ1v) is 4.59. The van der Waals surface area contributed by atoms with E-state index >= 15 is 0 Å². The predicted molar refractivity (Wildman–Crippen MR) is 49.7 cm³/mol. The van der Waals surface area contributed by atoms with Crippen LogP contribution in [0, 0.1) is 5.92 Å². The molecule has 1 aliphatic carbocycles. The minimum absolute atomic E-state index is 0.485. The monoisotopic (exact) mass is 170 g/mol. The molecule has 0 saturated heterocycles. The fourth-order valence-corrected chi connectivity index (χ4v) is 1.84. The van der Waals surface area contributed by atoms with Gasteiger partial charge in [-0.15, -0.1) is 0 Å². The second-order valence-electron chi connectivity index (χ2n) is 3.80. The zero-order valence-electron chi connectivity index (χ0n) is 7.95. The highest BCUT2D eigenvalue weighted by atomic mass is 16.4. The first-order chi connectivity index (χ1) is 5.74. The molecule has 70 valence electrons. The van der Waals surface area contributed by atoms with E-state index in [1.165, 1.54) is 19.3 Å². The van der Waals surface area contributed by atoms with E-state index in [0.29, 0.717) is 5.92 Å². The van der Waals surface area contributed by atoms with Crippen LogP contribution in [0.3, 0.4) is 0 Å². The van der Waals surface area contributed by atoms with Gasteiger partial charge >= 0.3 is 0 Å². The van der Waals surface area contributed by atoms with Crippen LogP contribution in [0.25, 0.3) is 0 Å². The van der Waals surface area contributed by atoms with Gasteiger partial charge in [-0.2, -0.15) is 0 Å². The van der Waals surface area contributed by atoms with Gasteiger partial charge in [-0.1, -0.05) is 11.6 Å². The fraction of sp³-hybridized carbons (Fsp3) is 0.889. The van der Waals surface area contributed by atoms with Crippen molar-refractivity contribution in [3.8, 4) is 0 Å². The van der Waals surface area contributed by atoms with Crippen molar-refractivity contribution in [2.75, 3.05) is 20.6 Å². The molecule has 0 aromatic rings. The Labute approximate surface area is 74.1 Å². The molecular formula is C9H18N2O. The summed E-state index contributed by atoms with van der Waals surface area (Å²) in [5.74, 6) is 0.485. The van der Waals surface area contributed by atoms with Crippen LogP contribution in [0.15, 0.2) is 5.16 Å². The van der Waals surface area contributed by atoms with Crippen molar-refractivity contribution in [1.82, 2.24) is 4.90 Å². The van der Waals surface area contributed by atoms with Crippen molar-refractivity contribution in [1.29, 1.82) is 0 Å². The third kappa shape index (κ3) is 2.48. The van der Waals surface area contributed by atoms with Gasteiger partial charge in [-0.05, 0) is 33.4 Å². The topological polar surface area (TPSA) is 35.8 Å². The molecule has 12 heavy (non-hydrogen) atoms. The van der Waals surface area contributed by atoms with E-state index in [9.17, 15) is 0 Å². The van der Waals surface area contributed by atoms with Crippen LogP contribution in [-0.4, -0.2) is 36.5 Å². The van der Waals surface area contributed by atoms with Crippen molar-refractivity contribution in [3.05, 3.63) is 0 Å². The molecule has 0 spiro atoms. The molecule has 1 rings (SSSR count). The molecule has 1 N–H and O–H groups in total.